The van der Waals surface area contributed by atoms with Gasteiger partial charge in [0.1, 0.15) is 12.2 Å². The minimum Gasteiger partial charge on any atom is -0.322 e. The van der Waals surface area contributed by atoms with E-state index in [0.29, 0.717) is 6.42 Å². The Balaban J connectivity index is 2.19. The molecule has 0 spiro atoms. The molecule has 0 fully saturated rings. The summed E-state index contributed by atoms with van der Waals surface area (Å²) in [5.74, 6) is 0.915. The SMILES string of the molecule is CCc1cccnc1C(N)Cc1ncnn1CC. The van der Waals surface area contributed by atoms with E-state index >= 15 is 0 Å². The molecule has 0 radical (unpaired) electrons. The summed E-state index contributed by atoms with van der Waals surface area (Å²) in [4.78, 5) is 8.66. The fourth-order valence-electron chi connectivity index (χ4n) is 2.09. The van der Waals surface area contributed by atoms with Crippen molar-refractivity contribution in [3.05, 3.63) is 41.7 Å². The molecule has 5 heteroatoms. The van der Waals surface area contributed by atoms with Gasteiger partial charge in [0.2, 0.25) is 0 Å². The lowest BCUT2D eigenvalue weighted by Gasteiger charge is -2.14. The van der Waals surface area contributed by atoms with Crippen LogP contribution in [0.25, 0.3) is 0 Å². The maximum Gasteiger partial charge on any atom is 0.138 e. The third-order valence-corrected chi connectivity index (χ3v) is 3.06. The molecule has 0 aliphatic heterocycles. The Morgan fingerprint density at radius 2 is 2.17 bits per heavy atom. The van der Waals surface area contributed by atoms with Crippen LogP contribution in [0, 0.1) is 0 Å². The van der Waals surface area contributed by atoms with Crippen molar-refractivity contribution in [3.63, 3.8) is 0 Å². The van der Waals surface area contributed by atoms with Crippen LogP contribution in [0.5, 0.6) is 0 Å². The highest BCUT2D eigenvalue weighted by atomic mass is 15.3. The summed E-state index contributed by atoms with van der Waals surface area (Å²) in [5, 5.41) is 4.15. The van der Waals surface area contributed by atoms with Gasteiger partial charge in [-0.1, -0.05) is 13.0 Å². The molecule has 0 saturated heterocycles. The van der Waals surface area contributed by atoms with Gasteiger partial charge in [0.15, 0.2) is 0 Å². The highest BCUT2D eigenvalue weighted by molar-refractivity contribution is 5.23. The Kier molecular flexibility index (Phi) is 4.04. The zero-order valence-corrected chi connectivity index (χ0v) is 10.9. The van der Waals surface area contributed by atoms with Gasteiger partial charge in [0.05, 0.1) is 11.7 Å². The molecule has 0 amide bonds. The number of hydrogen-bond donors (Lipinski definition) is 1. The molecule has 96 valence electrons. The van der Waals surface area contributed by atoms with Crippen LogP contribution in [0.15, 0.2) is 24.7 Å². The number of aryl methyl sites for hydroxylation is 2. The summed E-state index contributed by atoms with van der Waals surface area (Å²) in [6, 6.07) is 3.90. The van der Waals surface area contributed by atoms with Gasteiger partial charge < -0.3 is 5.73 Å². The van der Waals surface area contributed by atoms with Crippen LogP contribution in [0.2, 0.25) is 0 Å². The summed E-state index contributed by atoms with van der Waals surface area (Å²) in [6.45, 7) is 4.97. The number of hydrogen-bond acceptors (Lipinski definition) is 4. The molecule has 0 aliphatic carbocycles. The van der Waals surface area contributed by atoms with Crippen LogP contribution in [0.1, 0.15) is 37.0 Å². The fourth-order valence-corrected chi connectivity index (χ4v) is 2.09. The predicted octanol–water partition coefficient (Wildman–Crippen LogP) is 1.50. The van der Waals surface area contributed by atoms with Crippen molar-refractivity contribution < 1.29 is 0 Å². The van der Waals surface area contributed by atoms with Crippen LogP contribution < -0.4 is 5.73 Å². The smallest absolute Gasteiger partial charge is 0.138 e. The number of pyridine rings is 1. The third kappa shape index (κ3) is 2.56. The first-order valence-electron chi connectivity index (χ1n) is 6.32. The minimum absolute atomic E-state index is 0.129. The molecule has 0 aromatic carbocycles. The first kappa shape index (κ1) is 12.7. The van der Waals surface area contributed by atoms with Gasteiger partial charge in [-0.15, -0.1) is 0 Å². The van der Waals surface area contributed by atoms with E-state index in [1.807, 2.05) is 17.7 Å². The van der Waals surface area contributed by atoms with Gasteiger partial charge in [-0.2, -0.15) is 5.10 Å². The number of nitrogens with two attached hydrogens (primary N) is 1. The number of aromatic nitrogens is 4. The van der Waals surface area contributed by atoms with Crippen LogP contribution in [-0.2, 0) is 19.4 Å². The molecule has 1 atom stereocenters. The molecule has 2 aromatic rings. The monoisotopic (exact) mass is 245 g/mol. The van der Waals surface area contributed by atoms with E-state index in [1.54, 1.807) is 12.5 Å². The first-order valence-corrected chi connectivity index (χ1v) is 6.32. The van der Waals surface area contributed by atoms with Gasteiger partial charge in [0.25, 0.3) is 0 Å². The lowest BCUT2D eigenvalue weighted by Crippen LogP contribution is -2.19. The normalized spacial score (nSPS) is 12.6. The van der Waals surface area contributed by atoms with Crippen molar-refractivity contribution in [1.29, 1.82) is 0 Å². The first-order chi connectivity index (χ1) is 8.76. The van der Waals surface area contributed by atoms with E-state index in [0.717, 1.165) is 24.5 Å². The minimum atomic E-state index is -0.129. The van der Waals surface area contributed by atoms with Crippen LogP contribution >= 0.6 is 0 Å². The largest absolute Gasteiger partial charge is 0.322 e. The van der Waals surface area contributed by atoms with E-state index in [2.05, 4.69) is 28.1 Å². The van der Waals surface area contributed by atoms with Crippen LogP contribution in [-0.4, -0.2) is 19.7 Å². The standard InChI is InChI=1S/C13H19N5/c1-3-10-6-5-7-15-13(10)11(14)8-12-16-9-17-18(12)4-2/h5-7,9,11H,3-4,8,14H2,1-2H3. The lowest BCUT2D eigenvalue weighted by molar-refractivity contribution is 0.573. The van der Waals surface area contributed by atoms with Crippen molar-refractivity contribution in [2.45, 2.75) is 39.3 Å². The van der Waals surface area contributed by atoms with Gasteiger partial charge in [-0.05, 0) is 25.0 Å². The molecule has 2 N–H and O–H groups in total. The highest BCUT2D eigenvalue weighted by Crippen LogP contribution is 2.17. The fraction of sp³-hybridized carbons (Fsp3) is 0.462. The van der Waals surface area contributed by atoms with E-state index in [1.165, 1.54) is 5.56 Å². The highest BCUT2D eigenvalue weighted by Gasteiger charge is 2.15. The predicted molar refractivity (Wildman–Crippen MR) is 69.9 cm³/mol. The average Bonchev–Trinajstić information content (AvgIpc) is 2.85. The van der Waals surface area contributed by atoms with Gasteiger partial charge in [0, 0.05) is 19.2 Å². The molecule has 0 saturated carbocycles. The van der Waals surface area contributed by atoms with Gasteiger partial charge >= 0.3 is 0 Å². The third-order valence-electron chi connectivity index (χ3n) is 3.06. The molecule has 18 heavy (non-hydrogen) atoms. The Bertz CT molecular complexity index is 506. The average molecular weight is 245 g/mol. The quantitative estimate of drug-likeness (QED) is 0.866. The Morgan fingerprint density at radius 3 is 2.89 bits per heavy atom. The molecule has 2 heterocycles. The second-order valence-electron chi connectivity index (χ2n) is 4.20. The van der Waals surface area contributed by atoms with Crippen LogP contribution in [0.4, 0.5) is 0 Å². The topological polar surface area (TPSA) is 69.6 Å². The Labute approximate surface area is 107 Å². The van der Waals surface area contributed by atoms with E-state index in [9.17, 15) is 0 Å². The summed E-state index contributed by atoms with van der Waals surface area (Å²) in [6.07, 6.45) is 4.97. The van der Waals surface area contributed by atoms with Crippen molar-refractivity contribution in [2.24, 2.45) is 5.73 Å². The summed E-state index contributed by atoms with van der Waals surface area (Å²) < 4.78 is 1.87. The van der Waals surface area contributed by atoms with E-state index < -0.39 is 0 Å². The van der Waals surface area contributed by atoms with Crippen molar-refractivity contribution in [3.8, 4) is 0 Å². The van der Waals surface area contributed by atoms with Gasteiger partial charge in [-0.25, -0.2) is 4.98 Å². The number of nitrogens with zero attached hydrogens (tertiary/aromatic N) is 4. The zero-order chi connectivity index (χ0) is 13.0. The molecular weight excluding hydrogens is 226 g/mol. The van der Waals surface area contributed by atoms with E-state index in [-0.39, 0.29) is 6.04 Å². The maximum absolute atomic E-state index is 6.24. The lowest BCUT2D eigenvalue weighted by atomic mass is 10.0. The molecule has 0 aliphatic rings. The van der Waals surface area contributed by atoms with Crippen molar-refractivity contribution >= 4 is 0 Å². The van der Waals surface area contributed by atoms with Crippen molar-refractivity contribution in [1.82, 2.24) is 19.7 Å². The molecule has 1 unspecified atom stereocenters. The maximum atomic E-state index is 6.24. The molecule has 2 rings (SSSR count). The second-order valence-corrected chi connectivity index (χ2v) is 4.20. The van der Waals surface area contributed by atoms with Gasteiger partial charge in [-0.3, -0.25) is 9.67 Å². The molecule has 2 aromatic heterocycles. The molecule has 5 nitrogen and oxygen atoms in total. The Hall–Kier alpha value is -1.75. The number of rotatable bonds is 5. The van der Waals surface area contributed by atoms with E-state index in [4.69, 9.17) is 5.73 Å². The van der Waals surface area contributed by atoms with Crippen molar-refractivity contribution in [2.75, 3.05) is 0 Å². The molecule has 0 bridgehead atoms. The molecular formula is C13H19N5. The summed E-state index contributed by atoms with van der Waals surface area (Å²) in [5.41, 5.74) is 8.41. The summed E-state index contributed by atoms with van der Waals surface area (Å²) in [7, 11) is 0. The van der Waals surface area contributed by atoms with Crippen LogP contribution in [0.3, 0.4) is 0 Å². The Morgan fingerprint density at radius 1 is 1.33 bits per heavy atom. The second kappa shape index (κ2) is 5.73. The zero-order valence-electron chi connectivity index (χ0n) is 10.9. The summed E-state index contributed by atoms with van der Waals surface area (Å²) >= 11 is 0.